The van der Waals surface area contributed by atoms with Crippen molar-refractivity contribution in [2.24, 2.45) is 5.73 Å². The van der Waals surface area contributed by atoms with Gasteiger partial charge in [-0.2, -0.15) is 0 Å². The lowest BCUT2D eigenvalue weighted by Gasteiger charge is -2.25. The molecule has 9 nitrogen and oxygen atoms in total. The van der Waals surface area contributed by atoms with Gasteiger partial charge in [0.1, 0.15) is 17.2 Å². The van der Waals surface area contributed by atoms with E-state index in [-0.39, 0.29) is 0 Å². The van der Waals surface area contributed by atoms with Crippen LogP contribution < -0.4 is 16.4 Å². The highest BCUT2D eigenvalue weighted by molar-refractivity contribution is 5.89. The number of hydrogen-bond acceptors (Lipinski definition) is 6. The van der Waals surface area contributed by atoms with Crippen molar-refractivity contribution < 1.29 is 23.9 Å². The number of carbonyl (C=O) groups is 3. The van der Waals surface area contributed by atoms with Crippen LogP contribution in [0.25, 0.3) is 10.9 Å². The first-order valence-corrected chi connectivity index (χ1v) is 12.1. The Morgan fingerprint density at radius 3 is 2.31 bits per heavy atom. The molecule has 0 saturated carbocycles. The van der Waals surface area contributed by atoms with Crippen LogP contribution in [-0.2, 0) is 25.5 Å². The third kappa shape index (κ3) is 9.98. The fourth-order valence-electron chi connectivity index (χ4n) is 3.51. The van der Waals surface area contributed by atoms with Crippen LogP contribution in [-0.4, -0.2) is 52.8 Å². The van der Waals surface area contributed by atoms with Gasteiger partial charge in [0, 0.05) is 23.6 Å². The van der Waals surface area contributed by atoms with Crippen LogP contribution in [0, 0.1) is 0 Å². The number of ether oxygens (including phenoxy) is 2. The van der Waals surface area contributed by atoms with E-state index < -0.39 is 41.3 Å². The van der Waals surface area contributed by atoms with E-state index in [0.717, 1.165) is 16.5 Å². The molecule has 194 valence electrons. The second kappa shape index (κ2) is 12.1. The number of nitrogens with one attached hydrogen (secondary N) is 3. The third-order valence-electron chi connectivity index (χ3n) is 5.05. The number of amides is 2. The number of aromatic nitrogens is 1. The smallest absolute Gasteiger partial charge is 0.407 e. The summed E-state index contributed by atoms with van der Waals surface area (Å²) in [6, 6.07) is 6.14. The summed E-state index contributed by atoms with van der Waals surface area (Å²) in [4.78, 5) is 40.6. The van der Waals surface area contributed by atoms with E-state index in [1.165, 1.54) is 0 Å². The highest BCUT2D eigenvalue weighted by atomic mass is 16.6. The summed E-state index contributed by atoms with van der Waals surface area (Å²) in [6.45, 7) is 11.1. The van der Waals surface area contributed by atoms with Gasteiger partial charge in [-0.25, -0.2) is 9.59 Å². The van der Waals surface area contributed by atoms with E-state index in [1.54, 1.807) is 41.5 Å². The zero-order valence-electron chi connectivity index (χ0n) is 21.7. The maximum Gasteiger partial charge on any atom is 0.407 e. The maximum atomic E-state index is 12.9. The van der Waals surface area contributed by atoms with Crippen molar-refractivity contribution >= 4 is 28.9 Å². The molecule has 0 saturated heterocycles. The summed E-state index contributed by atoms with van der Waals surface area (Å²) in [6.07, 6.45) is 3.24. The van der Waals surface area contributed by atoms with Crippen LogP contribution in [0.2, 0.25) is 0 Å². The summed E-state index contributed by atoms with van der Waals surface area (Å²) < 4.78 is 10.7. The summed E-state index contributed by atoms with van der Waals surface area (Å²) >= 11 is 0. The van der Waals surface area contributed by atoms with Gasteiger partial charge in [0.25, 0.3) is 0 Å². The van der Waals surface area contributed by atoms with Crippen LogP contribution >= 0.6 is 0 Å². The molecule has 2 amide bonds. The standard InChI is InChI=1S/C26H40N4O5/c1-25(2,3)34-23(32)21(13-9-10-14-28-24(33)35-26(4,5)6)30-22(31)19(27)15-17-16-29-20-12-8-7-11-18(17)20/h7-8,11-12,16,19,21,29H,9-10,13-15,27H2,1-6H3,(H,28,33)(H,30,31)/t19-,21+/m1/s1. The summed E-state index contributed by atoms with van der Waals surface area (Å²) in [7, 11) is 0. The van der Waals surface area contributed by atoms with E-state index in [2.05, 4.69) is 15.6 Å². The Hall–Kier alpha value is -3.07. The van der Waals surface area contributed by atoms with E-state index in [0.29, 0.717) is 32.2 Å². The zero-order valence-corrected chi connectivity index (χ0v) is 21.7. The fourth-order valence-corrected chi connectivity index (χ4v) is 3.51. The second-order valence-corrected chi connectivity index (χ2v) is 10.7. The van der Waals surface area contributed by atoms with Crippen molar-refractivity contribution in [3.05, 3.63) is 36.0 Å². The molecule has 2 aromatic rings. The first-order valence-electron chi connectivity index (χ1n) is 12.1. The van der Waals surface area contributed by atoms with E-state index in [1.807, 2.05) is 30.5 Å². The molecule has 2 atom stereocenters. The largest absolute Gasteiger partial charge is 0.458 e. The van der Waals surface area contributed by atoms with Crippen LogP contribution in [0.3, 0.4) is 0 Å². The topological polar surface area (TPSA) is 136 Å². The molecule has 9 heteroatoms. The molecule has 1 aromatic heterocycles. The number of benzene rings is 1. The van der Waals surface area contributed by atoms with Crippen LogP contribution in [0.4, 0.5) is 4.79 Å². The average Bonchev–Trinajstić information content (AvgIpc) is 3.12. The Kier molecular flexibility index (Phi) is 9.71. The number of para-hydroxylation sites is 1. The molecule has 0 unspecified atom stereocenters. The number of hydrogen-bond donors (Lipinski definition) is 4. The fraction of sp³-hybridized carbons (Fsp3) is 0.577. The Morgan fingerprint density at radius 1 is 1.00 bits per heavy atom. The summed E-state index contributed by atoms with van der Waals surface area (Å²) in [5, 5.41) is 6.47. The number of aromatic amines is 1. The number of nitrogens with two attached hydrogens (primary N) is 1. The molecule has 2 rings (SSSR count). The SMILES string of the molecule is CC(C)(C)OC(=O)NCCCC[C@H](NC(=O)[C@H](N)Cc1c[nH]c2ccccc12)C(=O)OC(C)(C)C. The molecule has 1 heterocycles. The molecule has 0 radical (unpaired) electrons. The van der Waals surface area contributed by atoms with Crippen LogP contribution in [0.1, 0.15) is 66.4 Å². The number of carbonyl (C=O) groups excluding carboxylic acids is 3. The van der Waals surface area contributed by atoms with E-state index in [4.69, 9.17) is 15.2 Å². The van der Waals surface area contributed by atoms with Crippen molar-refractivity contribution in [3.63, 3.8) is 0 Å². The zero-order chi connectivity index (χ0) is 26.2. The predicted octanol–water partition coefficient (Wildman–Crippen LogP) is 3.56. The van der Waals surface area contributed by atoms with Crippen molar-refractivity contribution in [1.29, 1.82) is 0 Å². The van der Waals surface area contributed by atoms with Gasteiger partial charge in [0.15, 0.2) is 0 Å². The number of rotatable bonds is 10. The van der Waals surface area contributed by atoms with Gasteiger partial charge < -0.3 is 30.8 Å². The number of unbranched alkanes of at least 4 members (excludes halogenated alkanes) is 1. The normalized spacial score (nSPS) is 13.7. The molecular weight excluding hydrogens is 448 g/mol. The Bertz CT molecular complexity index is 1000. The molecule has 0 aliphatic carbocycles. The Labute approximate surface area is 207 Å². The molecule has 5 N–H and O–H groups in total. The van der Waals surface area contributed by atoms with Crippen molar-refractivity contribution in [3.8, 4) is 0 Å². The molecule has 0 aliphatic rings. The van der Waals surface area contributed by atoms with Crippen molar-refractivity contribution in [2.45, 2.75) is 90.5 Å². The first-order chi connectivity index (χ1) is 16.2. The maximum absolute atomic E-state index is 12.9. The van der Waals surface area contributed by atoms with Crippen molar-refractivity contribution in [2.75, 3.05) is 6.54 Å². The van der Waals surface area contributed by atoms with Crippen LogP contribution in [0.5, 0.6) is 0 Å². The molecular formula is C26H40N4O5. The highest BCUT2D eigenvalue weighted by Gasteiger charge is 2.28. The van der Waals surface area contributed by atoms with Gasteiger partial charge in [-0.05, 0) is 78.9 Å². The summed E-state index contributed by atoms with van der Waals surface area (Å²) in [5.74, 6) is -0.928. The molecule has 0 spiro atoms. The van der Waals surface area contributed by atoms with E-state index >= 15 is 0 Å². The number of fused-ring (bicyclic) bond motifs is 1. The second-order valence-electron chi connectivity index (χ2n) is 10.7. The minimum atomic E-state index is -0.836. The predicted molar refractivity (Wildman–Crippen MR) is 136 cm³/mol. The quantitative estimate of drug-likeness (QED) is 0.298. The summed E-state index contributed by atoms with van der Waals surface area (Å²) in [5.41, 5.74) is 6.85. The lowest BCUT2D eigenvalue weighted by molar-refractivity contribution is -0.159. The lowest BCUT2D eigenvalue weighted by atomic mass is 10.0. The van der Waals surface area contributed by atoms with Gasteiger partial charge in [-0.3, -0.25) is 4.79 Å². The number of alkyl carbamates (subject to hydrolysis) is 1. The molecule has 0 fully saturated rings. The first kappa shape index (κ1) is 28.2. The average molecular weight is 489 g/mol. The Morgan fingerprint density at radius 2 is 1.66 bits per heavy atom. The van der Waals surface area contributed by atoms with Crippen molar-refractivity contribution in [1.82, 2.24) is 15.6 Å². The van der Waals surface area contributed by atoms with Gasteiger partial charge in [0.2, 0.25) is 5.91 Å². The molecule has 0 aliphatic heterocycles. The minimum Gasteiger partial charge on any atom is -0.458 e. The van der Waals surface area contributed by atoms with Crippen LogP contribution in [0.15, 0.2) is 30.5 Å². The number of esters is 1. The third-order valence-corrected chi connectivity index (χ3v) is 5.05. The monoisotopic (exact) mass is 488 g/mol. The van der Waals surface area contributed by atoms with Gasteiger partial charge >= 0.3 is 12.1 Å². The van der Waals surface area contributed by atoms with Gasteiger partial charge in [-0.15, -0.1) is 0 Å². The minimum absolute atomic E-state index is 0.330. The van der Waals surface area contributed by atoms with Gasteiger partial charge in [0.05, 0.1) is 6.04 Å². The molecule has 35 heavy (non-hydrogen) atoms. The molecule has 1 aromatic carbocycles. The number of H-pyrrole nitrogens is 1. The Balaban J connectivity index is 1.93. The lowest BCUT2D eigenvalue weighted by Crippen LogP contribution is -2.50. The van der Waals surface area contributed by atoms with E-state index in [9.17, 15) is 14.4 Å². The molecule has 0 bridgehead atoms. The van der Waals surface area contributed by atoms with Gasteiger partial charge in [-0.1, -0.05) is 18.2 Å². The highest BCUT2D eigenvalue weighted by Crippen LogP contribution is 2.19.